The van der Waals surface area contributed by atoms with E-state index in [1.807, 2.05) is 0 Å². The van der Waals surface area contributed by atoms with Gasteiger partial charge in [0.25, 0.3) is 5.91 Å². The lowest BCUT2D eigenvalue weighted by Gasteiger charge is -2.29. The van der Waals surface area contributed by atoms with Gasteiger partial charge in [0, 0.05) is 18.7 Å². The highest BCUT2D eigenvalue weighted by molar-refractivity contribution is 5.99. The SMILES string of the molecule is CC(F)(F)C(=O)NC1CC(=O)N(c2cnc3c(cnn3-c3ccc(F)cc3)c2)[C@@H]1c1ccccc1. The van der Waals surface area contributed by atoms with Crippen molar-refractivity contribution < 1.29 is 22.8 Å². The molecule has 0 bridgehead atoms. The maximum absolute atomic E-state index is 13.6. The average molecular weight is 479 g/mol. The fourth-order valence-electron chi connectivity index (χ4n) is 4.31. The first-order chi connectivity index (χ1) is 16.7. The van der Waals surface area contributed by atoms with Gasteiger partial charge in [0.15, 0.2) is 5.65 Å². The van der Waals surface area contributed by atoms with Crippen molar-refractivity contribution in [3.8, 4) is 5.69 Å². The van der Waals surface area contributed by atoms with Crippen molar-refractivity contribution in [3.63, 3.8) is 0 Å². The minimum atomic E-state index is -3.58. The zero-order valence-corrected chi connectivity index (χ0v) is 18.5. The van der Waals surface area contributed by atoms with E-state index in [0.717, 1.165) is 0 Å². The van der Waals surface area contributed by atoms with Crippen LogP contribution in [0.25, 0.3) is 16.7 Å². The number of fused-ring (bicyclic) bond motifs is 1. The Balaban J connectivity index is 1.53. The standard InChI is InChI=1S/C25H20F3N5O2/c1-25(27,28)24(35)31-20-12-21(34)32(22(20)15-5-3-2-4-6-15)19-11-16-13-30-33(23(16)29-14-19)18-9-7-17(26)8-10-18/h2-11,13-14,20,22H,12H2,1H3,(H,31,35)/t20?,22-/m1/s1. The summed E-state index contributed by atoms with van der Waals surface area (Å²) in [4.78, 5) is 31.1. The number of halogens is 3. The highest BCUT2D eigenvalue weighted by Crippen LogP contribution is 2.38. The minimum absolute atomic E-state index is 0.145. The van der Waals surface area contributed by atoms with Crippen LogP contribution in [-0.4, -0.2) is 38.5 Å². The van der Waals surface area contributed by atoms with E-state index in [9.17, 15) is 22.8 Å². The molecule has 1 fully saturated rings. The van der Waals surface area contributed by atoms with Gasteiger partial charge in [-0.2, -0.15) is 13.9 Å². The summed E-state index contributed by atoms with van der Waals surface area (Å²) >= 11 is 0. The molecular formula is C25H20F3N5O2. The fraction of sp³-hybridized carbons (Fsp3) is 0.200. The third-order valence-electron chi connectivity index (χ3n) is 5.92. The third kappa shape index (κ3) is 4.23. The van der Waals surface area contributed by atoms with Gasteiger partial charge in [0.1, 0.15) is 5.82 Å². The summed E-state index contributed by atoms with van der Waals surface area (Å²) in [6.07, 6.45) is 2.93. The molecule has 0 saturated carbocycles. The van der Waals surface area contributed by atoms with Crippen LogP contribution in [0.3, 0.4) is 0 Å². The van der Waals surface area contributed by atoms with Crippen LogP contribution in [0.1, 0.15) is 24.9 Å². The maximum Gasteiger partial charge on any atom is 0.321 e. The minimum Gasteiger partial charge on any atom is -0.345 e. The molecule has 1 N–H and O–H groups in total. The lowest BCUT2D eigenvalue weighted by atomic mass is 9.99. The Labute approximate surface area is 198 Å². The van der Waals surface area contributed by atoms with Crippen molar-refractivity contribution in [1.29, 1.82) is 0 Å². The van der Waals surface area contributed by atoms with Crippen LogP contribution in [0, 0.1) is 5.82 Å². The number of hydrogen-bond acceptors (Lipinski definition) is 4. The Morgan fingerprint density at radius 3 is 2.46 bits per heavy atom. The Morgan fingerprint density at radius 2 is 1.77 bits per heavy atom. The van der Waals surface area contributed by atoms with Crippen molar-refractivity contribution in [2.24, 2.45) is 0 Å². The monoisotopic (exact) mass is 479 g/mol. The number of carbonyl (C=O) groups excluding carboxylic acids is 2. The van der Waals surface area contributed by atoms with Gasteiger partial charge in [-0.15, -0.1) is 0 Å². The zero-order valence-electron chi connectivity index (χ0n) is 18.5. The van der Waals surface area contributed by atoms with E-state index in [4.69, 9.17) is 0 Å². The van der Waals surface area contributed by atoms with E-state index in [0.29, 0.717) is 34.9 Å². The summed E-state index contributed by atoms with van der Waals surface area (Å²) < 4.78 is 42.1. The van der Waals surface area contributed by atoms with E-state index < -0.39 is 23.9 Å². The van der Waals surface area contributed by atoms with Gasteiger partial charge in [0.2, 0.25) is 5.91 Å². The Hall–Kier alpha value is -4.21. The van der Waals surface area contributed by atoms with E-state index >= 15 is 0 Å². The molecule has 10 heteroatoms. The van der Waals surface area contributed by atoms with Crippen LogP contribution in [0.15, 0.2) is 73.1 Å². The van der Waals surface area contributed by atoms with Gasteiger partial charge in [-0.3, -0.25) is 9.59 Å². The quantitative estimate of drug-likeness (QED) is 0.466. The van der Waals surface area contributed by atoms with Crippen LogP contribution in [0.4, 0.5) is 18.9 Å². The zero-order chi connectivity index (χ0) is 24.7. The van der Waals surface area contributed by atoms with Gasteiger partial charge in [0.05, 0.1) is 35.9 Å². The summed E-state index contributed by atoms with van der Waals surface area (Å²) in [5.41, 5.74) is 2.24. The van der Waals surface area contributed by atoms with E-state index in [-0.39, 0.29) is 18.1 Å². The molecule has 1 aliphatic rings. The Morgan fingerprint density at radius 1 is 1.06 bits per heavy atom. The number of hydrogen-bond donors (Lipinski definition) is 1. The number of anilines is 1. The summed E-state index contributed by atoms with van der Waals surface area (Å²) in [5.74, 6) is -5.72. The predicted molar refractivity (Wildman–Crippen MR) is 123 cm³/mol. The number of nitrogens with zero attached hydrogens (tertiary/aromatic N) is 4. The van der Waals surface area contributed by atoms with Gasteiger partial charge in [-0.25, -0.2) is 14.1 Å². The number of amides is 2. The van der Waals surface area contributed by atoms with Crippen molar-refractivity contribution in [2.45, 2.75) is 31.4 Å². The maximum atomic E-state index is 13.6. The first kappa shape index (κ1) is 22.6. The molecule has 7 nitrogen and oxygen atoms in total. The normalized spacial score (nSPS) is 18.3. The third-order valence-corrected chi connectivity index (χ3v) is 5.92. The number of carbonyl (C=O) groups is 2. The first-order valence-corrected chi connectivity index (χ1v) is 10.9. The Kier molecular flexibility index (Phi) is 5.50. The molecular weight excluding hydrogens is 459 g/mol. The molecule has 178 valence electrons. The molecule has 0 aliphatic carbocycles. The van der Waals surface area contributed by atoms with Gasteiger partial charge < -0.3 is 10.2 Å². The van der Waals surface area contributed by atoms with Crippen molar-refractivity contribution in [1.82, 2.24) is 20.1 Å². The molecule has 35 heavy (non-hydrogen) atoms. The Bertz CT molecular complexity index is 1400. The summed E-state index contributed by atoms with van der Waals surface area (Å²) in [5, 5.41) is 7.30. The second-order valence-corrected chi connectivity index (χ2v) is 8.43. The van der Waals surface area contributed by atoms with E-state index in [2.05, 4.69) is 15.4 Å². The van der Waals surface area contributed by atoms with E-state index in [1.54, 1.807) is 59.4 Å². The van der Waals surface area contributed by atoms with Gasteiger partial charge in [-0.1, -0.05) is 30.3 Å². The molecule has 1 unspecified atom stereocenters. The molecule has 1 saturated heterocycles. The van der Waals surface area contributed by atoms with Crippen molar-refractivity contribution in [3.05, 3.63) is 84.4 Å². The largest absolute Gasteiger partial charge is 0.345 e. The lowest BCUT2D eigenvalue weighted by molar-refractivity contribution is -0.143. The number of rotatable bonds is 5. The molecule has 3 heterocycles. The molecule has 2 aromatic carbocycles. The molecule has 0 spiro atoms. The van der Waals surface area contributed by atoms with Crippen LogP contribution < -0.4 is 10.2 Å². The van der Waals surface area contributed by atoms with Crippen molar-refractivity contribution in [2.75, 3.05) is 4.90 Å². The highest BCUT2D eigenvalue weighted by atomic mass is 19.3. The molecule has 5 rings (SSSR count). The second-order valence-electron chi connectivity index (χ2n) is 8.43. The molecule has 2 amide bonds. The predicted octanol–water partition coefficient (Wildman–Crippen LogP) is 4.18. The lowest BCUT2D eigenvalue weighted by Crippen LogP contribution is -2.46. The fourth-order valence-corrected chi connectivity index (χ4v) is 4.31. The smallest absolute Gasteiger partial charge is 0.321 e. The number of aromatic nitrogens is 3. The second kappa shape index (κ2) is 8.53. The molecule has 4 aromatic rings. The van der Waals surface area contributed by atoms with Gasteiger partial charge >= 0.3 is 5.92 Å². The van der Waals surface area contributed by atoms with Crippen LogP contribution >= 0.6 is 0 Å². The number of alkyl halides is 2. The molecule has 2 atom stereocenters. The number of pyridine rings is 1. The summed E-state index contributed by atoms with van der Waals surface area (Å²) in [6, 6.07) is 14.8. The summed E-state index contributed by atoms with van der Waals surface area (Å²) in [6.45, 7) is 0.519. The highest BCUT2D eigenvalue weighted by Gasteiger charge is 2.45. The van der Waals surface area contributed by atoms with Gasteiger partial charge in [-0.05, 0) is 35.9 Å². The molecule has 0 radical (unpaired) electrons. The molecule has 1 aliphatic heterocycles. The van der Waals surface area contributed by atoms with Crippen LogP contribution in [0.2, 0.25) is 0 Å². The van der Waals surface area contributed by atoms with Crippen molar-refractivity contribution >= 4 is 28.5 Å². The van der Waals surface area contributed by atoms with Crippen LogP contribution in [0.5, 0.6) is 0 Å². The number of nitrogens with one attached hydrogen (secondary N) is 1. The topological polar surface area (TPSA) is 80.1 Å². The first-order valence-electron chi connectivity index (χ1n) is 10.9. The molecule has 2 aromatic heterocycles. The number of benzene rings is 2. The van der Waals surface area contributed by atoms with E-state index in [1.165, 1.54) is 23.2 Å². The average Bonchev–Trinajstić information content (AvgIpc) is 3.39. The van der Waals surface area contributed by atoms with Crippen LogP contribution in [-0.2, 0) is 9.59 Å². The summed E-state index contributed by atoms with van der Waals surface area (Å²) in [7, 11) is 0.